The summed E-state index contributed by atoms with van der Waals surface area (Å²) in [5.74, 6) is -0.0426. The van der Waals surface area contributed by atoms with Gasteiger partial charge in [0.15, 0.2) is 0 Å². The number of piperazine rings is 1. The minimum atomic E-state index is -4.63. The number of nitro groups is 1. The number of carbonyl (C=O) groups is 1. The highest BCUT2D eigenvalue weighted by molar-refractivity contribution is 5.81. The summed E-state index contributed by atoms with van der Waals surface area (Å²) in [4.78, 5) is 27.6. The van der Waals surface area contributed by atoms with Crippen LogP contribution in [0.25, 0.3) is 0 Å². The zero-order valence-electron chi connectivity index (χ0n) is 14.8. The van der Waals surface area contributed by atoms with Gasteiger partial charge < -0.3 is 9.80 Å². The van der Waals surface area contributed by atoms with Crippen LogP contribution in [0.1, 0.15) is 12.5 Å². The molecular formula is C16H21F3N4O3. The number of hydrogen-bond acceptors (Lipinski definition) is 5. The summed E-state index contributed by atoms with van der Waals surface area (Å²) in [5.41, 5.74) is -1.45. The summed E-state index contributed by atoms with van der Waals surface area (Å²) in [7, 11) is 3.33. The number of halogens is 3. The average molecular weight is 374 g/mol. The normalized spacial score (nSPS) is 17.1. The third kappa shape index (κ3) is 4.24. The minimum Gasteiger partial charge on any atom is -0.363 e. The van der Waals surface area contributed by atoms with E-state index in [1.165, 1.54) is 4.90 Å². The number of nitrogens with zero attached hydrogens (tertiary/aromatic N) is 4. The molecule has 1 fully saturated rings. The van der Waals surface area contributed by atoms with E-state index in [4.69, 9.17) is 0 Å². The van der Waals surface area contributed by atoms with Crippen molar-refractivity contribution < 1.29 is 22.9 Å². The van der Waals surface area contributed by atoms with Crippen LogP contribution in [-0.4, -0.2) is 66.9 Å². The van der Waals surface area contributed by atoms with E-state index >= 15 is 0 Å². The van der Waals surface area contributed by atoms with Crippen molar-refractivity contribution in [3.8, 4) is 0 Å². The van der Waals surface area contributed by atoms with E-state index in [9.17, 15) is 28.1 Å². The van der Waals surface area contributed by atoms with Gasteiger partial charge in [0.05, 0.1) is 16.5 Å². The summed E-state index contributed by atoms with van der Waals surface area (Å²) in [5, 5.41) is 11.2. The maximum absolute atomic E-state index is 12.8. The first-order chi connectivity index (χ1) is 12.0. The van der Waals surface area contributed by atoms with Crippen LogP contribution in [-0.2, 0) is 11.0 Å². The van der Waals surface area contributed by atoms with Crippen LogP contribution in [0.5, 0.6) is 0 Å². The number of hydrogen-bond donors (Lipinski definition) is 0. The fourth-order valence-corrected chi connectivity index (χ4v) is 2.99. The van der Waals surface area contributed by atoms with Gasteiger partial charge >= 0.3 is 6.18 Å². The minimum absolute atomic E-state index is 0.0426. The fourth-order valence-electron chi connectivity index (χ4n) is 2.99. The molecule has 0 bridgehead atoms. The zero-order valence-corrected chi connectivity index (χ0v) is 14.8. The van der Waals surface area contributed by atoms with Crippen LogP contribution in [0.3, 0.4) is 0 Å². The molecule has 0 aromatic heterocycles. The predicted molar refractivity (Wildman–Crippen MR) is 90.0 cm³/mol. The standard InChI is InChI=1S/C16H21F3N4O3/c1-11(15(24)20(2)3)21-6-8-22(9-7-21)13-5-4-12(16(17,18)19)10-14(13)23(25)26/h4-5,10-11H,6-9H2,1-3H3/t11-/m1/s1. The number of anilines is 1. The number of nitro benzene ring substituents is 1. The van der Waals surface area contributed by atoms with E-state index < -0.39 is 22.4 Å². The zero-order chi connectivity index (χ0) is 19.6. The molecule has 1 aromatic carbocycles. The number of alkyl halides is 3. The van der Waals surface area contributed by atoms with E-state index in [-0.39, 0.29) is 17.6 Å². The molecule has 0 aliphatic carbocycles. The van der Waals surface area contributed by atoms with Crippen LogP contribution in [0.15, 0.2) is 18.2 Å². The topological polar surface area (TPSA) is 69.9 Å². The maximum atomic E-state index is 12.8. The maximum Gasteiger partial charge on any atom is 0.416 e. The summed E-state index contributed by atoms with van der Waals surface area (Å²) in [6, 6.07) is 2.24. The second-order valence-electron chi connectivity index (χ2n) is 6.39. The summed E-state index contributed by atoms with van der Waals surface area (Å²) < 4.78 is 38.4. The van der Waals surface area contributed by atoms with Crippen molar-refractivity contribution in [3.05, 3.63) is 33.9 Å². The van der Waals surface area contributed by atoms with Gasteiger partial charge in [0.25, 0.3) is 5.69 Å². The highest BCUT2D eigenvalue weighted by atomic mass is 19.4. The number of likely N-dealkylation sites (N-methyl/N-ethyl adjacent to an activating group) is 1. The van der Waals surface area contributed by atoms with Crippen molar-refractivity contribution in [2.75, 3.05) is 45.2 Å². The molecule has 0 saturated carbocycles. The SMILES string of the molecule is C[C@H](C(=O)N(C)C)N1CCN(c2ccc(C(F)(F)F)cc2[N+](=O)[O-])CC1. The monoisotopic (exact) mass is 374 g/mol. The van der Waals surface area contributed by atoms with Crippen molar-refractivity contribution in [1.29, 1.82) is 0 Å². The second-order valence-corrected chi connectivity index (χ2v) is 6.39. The Morgan fingerprint density at radius 1 is 1.23 bits per heavy atom. The van der Waals surface area contributed by atoms with Gasteiger partial charge in [0.1, 0.15) is 5.69 Å². The fraction of sp³-hybridized carbons (Fsp3) is 0.562. The molecular weight excluding hydrogens is 353 g/mol. The molecule has 7 nitrogen and oxygen atoms in total. The summed E-state index contributed by atoms with van der Waals surface area (Å²) in [6.07, 6.45) is -4.63. The number of amides is 1. The van der Waals surface area contributed by atoms with Crippen molar-refractivity contribution in [2.24, 2.45) is 0 Å². The van der Waals surface area contributed by atoms with Crippen molar-refractivity contribution in [2.45, 2.75) is 19.1 Å². The molecule has 10 heteroatoms. The van der Waals surface area contributed by atoms with Crippen molar-refractivity contribution in [1.82, 2.24) is 9.80 Å². The Kier molecular flexibility index (Phi) is 5.74. The lowest BCUT2D eigenvalue weighted by molar-refractivity contribution is -0.384. The Bertz CT molecular complexity index is 686. The van der Waals surface area contributed by atoms with Gasteiger partial charge in [-0.1, -0.05) is 0 Å². The number of rotatable bonds is 4. The first-order valence-corrected chi connectivity index (χ1v) is 8.08. The second kappa shape index (κ2) is 7.48. The molecule has 1 amide bonds. The van der Waals surface area contributed by atoms with Gasteiger partial charge in [0.2, 0.25) is 5.91 Å². The van der Waals surface area contributed by atoms with E-state index in [0.717, 1.165) is 12.1 Å². The molecule has 0 unspecified atom stereocenters. The summed E-state index contributed by atoms with van der Waals surface area (Å²) in [6.45, 7) is 3.53. The van der Waals surface area contributed by atoms with E-state index in [0.29, 0.717) is 32.2 Å². The number of carbonyl (C=O) groups excluding carboxylic acids is 1. The van der Waals surface area contributed by atoms with Gasteiger partial charge in [0, 0.05) is 46.3 Å². The van der Waals surface area contributed by atoms with Gasteiger partial charge in [-0.2, -0.15) is 13.2 Å². The lowest BCUT2D eigenvalue weighted by Gasteiger charge is -2.38. The van der Waals surface area contributed by atoms with Crippen LogP contribution in [0.2, 0.25) is 0 Å². The molecule has 0 radical (unpaired) electrons. The molecule has 1 aliphatic heterocycles. The Morgan fingerprint density at radius 3 is 2.27 bits per heavy atom. The van der Waals surface area contributed by atoms with Crippen molar-refractivity contribution >= 4 is 17.3 Å². The van der Waals surface area contributed by atoms with E-state index in [2.05, 4.69) is 0 Å². The largest absolute Gasteiger partial charge is 0.416 e. The molecule has 2 rings (SSSR count). The molecule has 1 aliphatic rings. The molecule has 1 atom stereocenters. The van der Waals surface area contributed by atoms with Gasteiger partial charge in [-0.25, -0.2) is 0 Å². The van der Waals surface area contributed by atoms with Gasteiger partial charge in [-0.05, 0) is 19.1 Å². The lowest BCUT2D eigenvalue weighted by Crippen LogP contribution is -2.53. The highest BCUT2D eigenvalue weighted by Gasteiger charge is 2.34. The van der Waals surface area contributed by atoms with Crippen LogP contribution in [0.4, 0.5) is 24.5 Å². The van der Waals surface area contributed by atoms with E-state index in [1.54, 1.807) is 25.9 Å². The van der Waals surface area contributed by atoms with Crippen LogP contribution < -0.4 is 4.90 Å². The first kappa shape index (κ1) is 20.0. The number of benzene rings is 1. The third-order valence-electron chi connectivity index (χ3n) is 4.50. The third-order valence-corrected chi connectivity index (χ3v) is 4.50. The Morgan fingerprint density at radius 2 is 1.81 bits per heavy atom. The molecule has 0 N–H and O–H groups in total. The quantitative estimate of drug-likeness (QED) is 0.597. The lowest BCUT2D eigenvalue weighted by atomic mass is 10.1. The predicted octanol–water partition coefficient (Wildman–Crippen LogP) is 2.21. The van der Waals surface area contributed by atoms with Crippen molar-refractivity contribution in [3.63, 3.8) is 0 Å². The van der Waals surface area contributed by atoms with Crippen LogP contribution >= 0.6 is 0 Å². The average Bonchev–Trinajstić information content (AvgIpc) is 2.59. The Labute approximate surface area is 149 Å². The van der Waals surface area contributed by atoms with E-state index in [1.807, 2.05) is 4.90 Å². The highest BCUT2D eigenvalue weighted by Crippen LogP contribution is 2.36. The van der Waals surface area contributed by atoms with Gasteiger partial charge in [-0.3, -0.25) is 19.8 Å². The smallest absolute Gasteiger partial charge is 0.363 e. The molecule has 1 heterocycles. The molecule has 1 aromatic rings. The first-order valence-electron chi connectivity index (χ1n) is 8.08. The molecule has 26 heavy (non-hydrogen) atoms. The van der Waals surface area contributed by atoms with Gasteiger partial charge in [-0.15, -0.1) is 0 Å². The van der Waals surface area contributed by atoms with Crippen LogP contribution in [0, 0.1) is 10.1 Å². The Hall–Kier alpha value is -2.36. The molecule has 1 saturated heterocycles. The summed E-state index contributed by atoms with van der Waals surface area (Å²) >= 11 is 0. The molecule has 144 valence electrons. The molecule has 0 spiro atoms. The Balaban J connectivity index is 2.16.